The van der Waals surface area contributed by atoms with Crippen molar-refractivity contribution in [3.8, 4) is 0 Å². The fourth-order valence-electron chi connectivity index (χ4n) is 2.52. The number of rotatable bonds is 5. The lowest BCUT2D eigenvalue weighted by Gasteiger charge is -2.19. The fourth-order valence-corrected chi connectivity index (χ4v) is 4.31. The summed E-state index contributed by atoms with van der Waals surface area (Å²) < 4.78 is 36.5. The molecule has 1 N–H and O–H groups in total. The number of furan rings is 1. The number of sulfonamides is 1. The predicted octanol–water partition coefficient (Wildman–Crippen LogP) is 1.11. The van der Waals surface area contributed by atoms with Gasteiger partial charge in [0.1, 0.15) is 10.7 Å². The third kappa shape index (κ3) is 2.98. The van der Waals surface area contributed by atoms with Crippen LogP contribution in [0.3, 0.4) is 0 Å². The van der Waals surface area contributed by atoms with Gasteiger partial charge in [-0.05, 0) is 13.3 Å². The van der Waals surface area contributed by atoms with Gasteiger partial charge in [-0.3, -0.25) is 4.79 Å². The molecule has 2 heterocycles. The number of aliphatic carboxylic acids is 1. The maximum absolute atomic E-state index is 12.8. The molecule has 1 unspecified atom stereocenters. The van der Waals surface area contributed by atoms with Gasteiger partial charge in [-0.2, -0.15) is 4.31 Å². The van der Waals surface area contributed by atoms with Gasteiger partial charge in [-0.1, -0.05) is 6.92 Å². The number of carbonyl (C=O) groups is 2. The number of carboxylic acid groups (broad SMARTS) is 1. The summed E-state index contributed by atoms with van der Waals surface area (Å²) >= 11 is 0. The van der Waals surface area contributed by atoms with Crippen molar-refractivity contribution in [3.63, 3.8) is 0 Å². The molecule has 1 aliphatic rings. The first kappa shape index (κ1) is 17.5. The van der Waals surface area contributed by atoms with Crippen LogP contribution in [0.15, 0.2) is 15.4 Å². The predicted molar refractivity (Wildman–Crippen MR) is 78.5 cm³/mol. The summed E-state index contributed by atoms with van der Waals surface area (Å²) in [6.45, 7) is 3.20. The highest BCUT2D eigenvalue weighted by Crippen LogP contribution is 2.35. The Balaban J connectivity index is 2.39. The molecule has 1 aromatic rings. The van der Waals surface area contributed by atoms with Crippen LogP contribution in [-0.2, 0) is 26.0 Å². The van der Waals surface area contributed by atoms with E-state index in [4.69, 9.17) is 4.42 Å². The molecule has 8 nitrogen and oxygen atoms in total. The highest BCUT2D eigenvalue weighted by molar-refractivity contribution is 7.89. The monoisotopic (exact) mass is 345 g/mol. The second kappa shape index (κ2) is 5.97. The molecule has 1 aromatic heterocycles. The minimum absolute atomic E-state index is 0.104. The Kier molecular flexibility index (Phi) is 4.54. The van der Waals surface area contributed by atoms with Gasteiger partial charge in [0.2, 0.25) is 15.8 Å². The number of hydrogen-bond donors (Lipinski definition) is 1. The van der Waals surface area contributed by atoms with Gasteiger partial charge in [-0.15, -0.1) is 0 Å². The fraction of sp³-hybridized carbons (Fsp3) is 0.571. The van der Waals surface area contributed by atoms with Crippen molar-refractivity contribution in [3.05, 3.63) is 17.6 Å². The van der Waals surface area contributed by atoms with Crippen LogP contribution in [0, 0.1) is 5.41 Å². The van der Waals surface area contributed by atoms with Crippen molar-refractivity contribution in [1.82, 2.24) is 4.31 Å². The molecule has 0 aromatic carbocycles. The van der Waals surface area contributed by atoms with Crippen molar-refractivity contribution in [2.24, 2.45) is 5.41 Å². The van der Waals surface area contributed by atoms with Gasteiger partial charge in [0.25, 0.3) is 0 Å². The Hall–Kier alpha value is -1.87. The summed E-state index contributed by atoms with van der Waals surface area (Å²) in [5.74, 6) is -1.84. The third-order valence-electron chi connectivity index (χ3n) is 4.05. The second-order valence-corrected chi connectivity index (χ2v) is 7.60. The summed E-state index contributed by atoms with van der Waals surface area (Å²) in [7, 11) is -2.77. The van der Waals surface area contributed by atoms with Gasteiger partial charge in [0.15, 0.2) is 0 Å². The van der Waals surface area contributed by atoms with E-state index < -0.39 is 27.4 Å². The molecule has 0 spiro atoms. The standard InChI is InChI=1S/C14H19NO7S/c1-4-9-11(7-10(22-9)12(16)21-3)23(19,20)15-6-5-14(2,8-15)13(17)18/h7H,4-6,8H2,1-3H3,(H,17,18). The van der Waals surface area contributed by atoms with E-state index in [-0.39, 0.29) is 42.3 Å². The van der Waals surface area contributed by atoms with Gasteiger partial charge < -0.3 is 14.3 Å². The van der Waals surface area contributed by atoms with Crippen molar-refractivity contribution in [2.45, 2.75) is 31.6 Å². The first-order chi connectivity index (χ1) is 10.7. The molecule has 0 amide bonds. The van der Waals surface area contributed by atoms with Gasteiger partial charge in [-0.25, -0.2) is 13.2 Å². The average molecular weight is 345 g/mol. The van der Waals surface area contributed by atoms with Crippen LogP contribution < -0.4 is 0 Å². The van der Waals surface area contributed by atoms with Crippen molar-refractivity contribution in [2.75, 3.05) is 20.2 Å². The van der Waals surface area contributed by atoms with Crippen molar-refractivity contribution >= 4 is 22.0 Å². The molecule has 128 valence electrons. The molecule has 0 aliphatic carbocycles. The Morgan fingerprint density at radius 3 is 2.61 bits per heavy atom. The lowest BCUT2D eigenvalue weighted by Crippen LogP contribution is -2.35. The van der Waals surface area contributed by atoms with E-state index in [9.17, 15) is 23.1 Å². The SMILES string of the molecule is CCc1oc(C(=O)OC)cc1S(=O)(=O)N1CCC(C)(C(=O)O)C1. The van der Waals surface area contributed by atoms with Crippen LogP contribution in [0.1, 0.15) is 36.6 Å². The number of nitrogens with zero attached hydrogens (tertiary/aromatic N) is 1. The minimum atomic E-state index is -3.94. The van der Waals surface area contributed by atoms with E-state index in [1.54, 1.807) is 6.92 Å². The summed E-state index contributed by atoms with van der Waals surface area (Å²) in [4.78, 5) is 22.7. The number of ether oxygens (including phenoxy) is 1. The quantitative estimate of drug-likeness (QED) is 0.795. The van der Waals surface area contributed by atoms with Gasteiger partial charge >= 0.3 is 11.9 Å². The average Bonchev–Trinajstić information content (AvgIpc) is 3.11. The van der Waals surface area contributed by atoms with Gasteiger partial charge in [0.05, 0.1) is 12.5 Å². The van der Waals surface area contributed by atoms with Crippen LogP contribution in [0.5, 0.6) is 0 Å². The molecule has 2 rings (SSSR count). The van der Waals surface area contributed by atoms with Crippen LogP contribution in [-0.4, -0.2) is 50.0 Å². The zero-order chi connectivity index (χ0) is 17.4. The Morgan fingerprint density at radius 2 is 2.13 bits per heavy atom. The van der Waals surface area contributed by atoms with E-state index >= 15 is 0 Å². The summed E-state index contributed by atoms with van der Waals surface area (Å²) in [5, 5.41) is 9.23. The number of carboxylic acids is 1. The Bertz CT molecular complexity index is 736. The van der Waals surface area contributed by atoms with Crippen molar-refractivity contribution < 1.29 is 32.3 Å². The number of esters is 1. The van der Waals surface area contributed by atoms with E-state index in [1.165, 1.54) is 14.0 Å². The summed E-state index contributed by atoms with van der Waals surface area (Å²) in [6, 6.07) is 1.14. The number of carbonyl (C=O) groups excluding carboxylic acids is 1. The summed E-state index contributed by atoms with van der Waals surface area (Å²) in [6.07, 6.45) is 0.500. The smallest absolute Gasteiger partial charge is 0.373 e. The number of methoxy groups -OCH3 is 1. The van der Waals surface area contributed by atoms with E-state index in [0.717, 1.165) is 10.4 Å². The van der Waals surface area contributed by atoms with Crippen LogP contribution in [0.25, 0.3) is 0 Å². The zero-order valence-electron chi connectivity index (χ0n) is 13.2. The number of aryl methyl sites for hydroxylation is 1. The molecule has 0 saturated carbocycles. The third-order valence-corrected chi connectivity index (χ3v) is 5.94. The molecular formula is C14H19NO7S. The molecule has 1 saturated heterocycles. The highest BCUT2D eigenvalue weighted by Gasteiger charge is 2.45. The first-order valence-electron chi connectivity index (χ1n) is 7.10. The van der Waals surface area contributed by atoms with E-state index in [1.807, 2.05) is 0 Å². The maximum Gasteiger partial charge on any atom is 0.373 e. The van der Waals surface area contributed by atoms with Crippen molar-refractivity contribution in [1.29, 1.82) is 0 Å². The molecule has 23 heavy (non-hydrogen) atoms. The molecule has 0 radical (unpaired) electrons. The largest absolute Gasteiger partial charge is 0.481 e. The maximum atomic E-state index is 12.8. The van der Waals surface area contributed by atoms with Crippen LogP contribution >= 0.6 is 0 Å². The molecule has 0 bridgehead atoms. The molecule has 9 heteroatoms. The van der Waals surface area contributed by atoms with Crippen LogP contribution in [0.2, 0.25) is 0 Å². The normalized spacial score (nSPS) is 22.2. The molecule has 1 aliphatic heterocycles. The number of hydrogen-bond acceptors (Lipinski definition) is 6. The summed E-state index contributed by atoms with van der Waals surface area (Å²) in [5.41, 5.74) is -1.12. The second-order valence-electron chi connectivity index (χ2n) is 5.70. The van der Waals surface area contributed by atoms with Crippen LogP contribution in [0.4, 0.5) is 0 Å². The lowest BCUT2D eigenvalue weighted by atomic mass is 9.90. The van der Waals surface area contributed by atoms with Gasteiger partial charge in [0, 0.05) is 25.6 Å². The lowest BCUT2D eigenvalue weighted by molar-refractivity contribution is -0.146. The van der Waals surface area contributed by atoms with E-state index in [2.05, 4.69) is 4.74 Å². The highest BCUT2D eigenvalue weighted by atomic mass is 32.2. The zero-order valence-corrected chi connectivity index (χ0v) is 14.0. The molecule has 1 fully saturated rings. The Morgan fingerprint density at radius 1 is 1.48 bits per heavy atom. The van der Waals surface area contributed by atoms with E-state index in [0.29, 0.717) is 0 Å². The molecule has 1 atom stereocenters. The minimum Gasteiger partial charge on any atom is -0.481 e. The Labute approximate surface area is 134 Å². The first-order valence-corrected chi connectivity index (χ1v) is 8.54. The molecular weight excluding hydrogens is 326 g/mol. The topological polar surface area (TPSA) is 114 Å².